The molecule has 6 N–H and O–H groups in total. The molecule has 362 valence electrons. The van der Waals surface area contributed by atoms with Gasteiger partial charge in [-0.15, -0.1) is 0 Å². The van der Waals surface area contributed by atoms with E-state index in [1.807, 2.05) is 0 Å². The van der Waals surface area contributed by atoms with Crippen molar-refractivity contribution < 1.29 is 61.3 Å². The predicted molar refractivity (Wildman–Crippen MR) is 242 cm³/mol. The molecule has 1 fully saturated rings. The van der Waals surface area contributed by atoms with Gasteiger partial charge < -0.3 is 39.7 Å². The molecular weight excluding hydrogens is 919 g/mol. The van der Waals surface area contributed by atoms with Crippen LogP contribution >= 0.6 is 24.2 Å². The summed E-state index contributed by atoms with van der Waals surface area (Å²) in [6.07, 6.45) is 8.30. The van der Waals surface area contributed by atoms with E-state index in [-0.39, 0.29) is 17.9 Å². The minimum absolute atomic E-state index is 0.0440. The van der Waals surface area contributed by atoms with Crippen LogP contribution in [0.3, 0.4) is 0 Å². The van der Waals surface area contributed by atoms with Crippen molar-refractivity contribution in [3.8, 4) is 11.5 Å². The number of hydrogen-bond acceptors (Lipinski definition) is 17. The van der Waals surface area contributed by atoms with Gasteiger partial charge >= 0.3 is 29.9 Å². The van der Waals surface area contributed by atoms with Gasteiger partial charge in [-0.05, 0) is 89.0 Å². The van der Waals surface area contributed by atoms with Crippen LogP contribution in [0.25, 0.3) is 0 Å². The summed E-state index contributed by atoms with van der Waals surface area (Å²) in [5.41, 5.74) is 4.18. The summed E-state index contributed by atoms with van der Waals surface area (Å²) in [7, 11) is -16.4. The Balaban J connectivity index is 0.789. The molecule has 0 saturated carbocycles. The van der Waals surface area contributed by atoms with Crippen LogP contribution in [0.15, 0.2) is 46.3 Å². The summed E-state index contributed by atoms with van der Waals surface area (Å²) in [6.45, 7) is 12.3. The lowest BCUT2D eigenvalue weighted by Gasteiger charge is -2.47. The average Bonchev–Trinajstić information content (AvgIpc) is 3.69. The third kappa shape index (κ3) is 13.0. The monoisotopic (exact) mass is 980 g/mol. The highest BCUT2D eigenvalue weighted by atomic mass is 31.3. The van der Waals surface area contributed by atoms with Crippen LogP contribution < -0.4 is 51.0 Å². The molecule has 0 spiro atoms. The molecule has 1 saturated heterocycles. The second-order valence-corrected chi connectivity index (χ2v) is 22.2. The van der Waals surface area contributed by atoms with Crippen LogP contribution in [0, 0.1) is 0 Å². The van der Waals surface area contributed by atoms with E-state index in [1.54, 1.807) is 6.07 Å². The van der Waals surface area contributed by atoms with Crippen molar-refractivity contribution in [1.29, 1.82) is 0 Å². The van der Waals surface area contributed by atoms with Crippen molar-refractivity contribution in [2.24, 2.45) is 4.99 Å². The van der Waals surface area contributed by atoms with E-state index < -0.39 is 48.8 Å². The number of carbonyl (C=O) groups excluding carboxylic acids is 1. The average molecular weight is 981 g/mol. The van der Waals surface area contributed by atoms with Gasteiger partial charge in [-0.25, -0.2) is 18.9 Å². The van der Waals surface area contributed by atoms with Crippen LogP contribution in [-0.2, 0) is 33.7 Å². The Bertz CT molecular complexity index is 2490. The van der Waals surface area contributed by atoms with E-state index in [4.69, 9.17) is 24.3 Å². The fraction of sp³-hybridized carbons (Fsp3) is 0.595. The van der Waals surface area contributed by atoms with Gasteiger partial charge in [-0.1, -0.05) is 24.1 Å². The molecule has 5 heterocycles. The number of benzene rings is 2. The zero-order chi connectivity index (χ0) is 47.4. The molecule has 0 bridgehead atoms. The van der Waals surface area contributed by atoms with E-state index in [0.717, 1.165) is 98.9 Å². The van der Waals surface area contributed by atoms with Gasteiger partial charge in [0, 0.05) is 72.3 Å². The number of phosphoric acid groups is 3. The number of nitrogens with one attached hydrogen (secondary N) is 2. The van der Waals surface area contributed by atoms with Gasteiger partial charge in [0.1, 0.15) is 36.2 Å². The van der Waals surface area contributed by atoms with Gasteiger partial charge in [0.05, 0.1) is 18.8 Å². The molecule has 2 aromatic carbocycles. The van der Waals surface area contributed by atoms with Crippen molar-refractivity contribution in [2.45, 2.75) is 122 Å². The number of anilines is 2. The minimum atomic E-state index is -5.64. The Kier molecular flexibility index (Phi) is 16.0. The molecule has 4 aliphatic rings. The number of rotatable bonds is 21. The van der Waals surface area contributed by atoms with Gasteiger partial charge in [-0.3, -0.25) is 13.9 Å². The van der Waals surface area contributed by atoms with Crippen molar-refractivity contribution in [3.63, 3.8) is 0 Å². The number of amides is 1. The number of hydrogen-bond donors (Lipinski definition) is 6. The normalized spacial score (nSPS) is 21.6. The Morgan fingerprint density at radius 3 is 2.59 bits per heavy atom. The molecule has 66 heavy (non-hydrogen) atoms. The maximum absolute atomic E-state index is 12.7. The molecule has 3 aromatic rings. The summed E-state index contributed by atoms with van der Waals surface area (Å²) < 4.78 is 39.9. The number of aromatic nitrogens is 2. The first kappa shape index (κ1) is 50.4. The molecule has 4 aliphatic heterocycles. The maximum Gasteiger partial charge on any atom is 0.511 e. The van der Waals surface area contributed by atoms with E-state index >= 15 is 0 Å². The lowest BCUT2D eigenvalue weighted by molar-refractivity contribution is -0.256. The molecular formula is C42H61N7O14P3+. The summed E-state index contributed by atoms with van der Waals surface area (Å²) in [6, 6.07) is 10.3. The highest BCUT2D eigenvalue weighted by Gasteiger charge is 2.50. The summed E-state index contributed by atoms with van der Waals surface area (Å²) in [5, 5.41) is 8.22. The zero-order valence-electron chi connectivity index (χ0n) is 37.7. The third-order valence-electron chi connectivity index (χ3n) is 12.2. The highest BCUT2D eigenvalue weighted by molar-refractivity contribution is 7.70. The third-order valence-corrected chi connectivity index (χ3v) is 16.0. The van der Waals surface area contributed by atoms with Crippen LogP contribution in [0.1, 0.15) is 115 Å². The molecule has 0 radical (unpaired) electrons. The number of phosphoric ester groups is 1. The minimum Gasteiger partial charge on any atom is -0.603 e. The molecule has 1 amide bonds. The Labute approximate surface area is 384 Å². The summed E-state index contributed by atoms with van der Waals surface area (Å²) in [4.78, 5) is 95.7. The van der Waals surface area contributed by atoms with Gasteiger partial charge in [0.25, 0.3) is 0 Å². The van der Waals surface area contributed by atoms with E-state index in [2.05, 4.69) is 90.2 Å². The smallest absolute Gasteiger partial charge is 0.511 e. The quantitative estimate of drug-likeness (QED) is 0.0397. The molecule has 7 rings (SSSR count). The fourth-order valence-corrected chi connectivity index (χ4v) is 12.4. The maximum atomic E-state index is 12.7. The molecule has 3 unspecified atom stereocenters. The van der Waals surface area contributed by atoms with Crippen molar-refractivity contribution in [2.75, 3.05) is 49.5 Å². The number of carbonyl (C=O) groups is 1. The fourth-order valence-electron chi connectivity index (χ4n) is 9.38. The number of aryl methyl sites for hydroxylation is 1. The van der Waals surface area contributed by atoms with Crippen molar-refractivity contribution in [3.05, 3.63) is 68.9 Å². The predicted octanol–water partition coefficient (Wildman–Crippen LogP) is 3.30. The first-order chi connectivity index (χ1) is 31.2. The Hall–Kier alpha value is -3.52. The SMILES string of the molecule is CCN1c2cc3c(cc2C(C)CC1(C)C)N=c1cc2c(cc1O3)=[N+](CCCC(=O)NCCCCCCNc1ccn([C@H]3CC[C@@H](COP(=O)(O)O[P+]([O-])(O)O[P+]([O-])(O)O)O3)c(=O)n1)CCC2. The lowest BCUT2D eigenvalue weighted by atomic mass is 9.80. The second kappa shape index (κ2) is 21.0. The number of unbranched alkanes of at least 4 members (excludes halogenated alkanes) is 3. The molecule has 21 nitrogen and oxygen atoms in total. The van der Waals surface area contributed by atoms with Crippen molar-refractivity contribution >= 4 is 47.3 Å². The van der Waals surface area contributed by atoms with Crippen LogP contribution in [0.2, 0.25) is 0 Å². The molecule has 1 aromatic heterocycles. The second-order valence-electron chi connectivity index (χ2n) is 17.8. The van der Waals surface area contributed by atoms with E-state index in [1.165, 1.54) is 27.6 Å². The number of ether oxygens (including phenoxy) is 2. The van der Waals surface area contributed by atoms with Crippen molar-refractivity contribution in [1.82, 2.24) is 19.4 Å². The highest BCUT2D eigenvalue weighted by Crippen LogP contribution is 2.69. The van der Waals surface area contributed by atoms with Gasteiger partial charge in [0.15, 0.2) is 11.5 Å². The summed E-state index contributed by atoms with van der Waals surface area (Å²) in [5.74, 6) is 2.42. The lowest BCUT2D eigenvalue weighted by Crippen LogP contribution is -2.48. The van der Waals surface area contributed by atoms with E-state index in [9.17, 15) is 33.7 Å². The van der Waals surface area contributed by atoms with Crippen LogP contribution in [0.5, 0.6) is 11.5 Å². The zero-order valence-corrected chi connectivity index (χ0v) is 40.3. The molecule has 24 heteroatoms. The largest absolute Gasteiger partial charge is 0.603 e. The standard InChI is InChI=1S/C42H60N7O14P3/c1-5-49-35-25-37-33(23-31(35)28(2)26-42(49,3)4)45-32-22-29-12-10-19-47(34(29)24-36(32)61-37)20-11-13-39(50)44-18-9-7-6-8-17-43-38-16-21-48(41(51)46-38)40-15-14-30(60-40)27-59-65(55,56)63-66(57,58)62-64(52,53)54/h16,21-25,28,30,40H,5-15,17-20,26-27H2,1-4H3,(H5-,43,44,46,50,51,52,53,54,55,56,57,58)/p+1/t28?,30-,40+/m0/s1. The van der Waals surface area contributed by atoms with Gasteiger partial charge in [0.2, 0.25) is 11.3 Å². The van der Waals surface area contributed by atoms with Crippen LogP contribution in [-0.4, -0.2) is 86.0 Å². The first-order valence-corrected chi connectivity index (χ1v) is 27.0. The summed E-state index contributed by atoms with van der Waals surface area (Å²) >= 11 is 0. The number of fused-ring (bicyclic) bond motifs is 4. The first-order valence-electron chi connectivity index (χ1n) is 22.5. The Morgan fingerprint density at radius 2 is 1.85 bits per heavy atom. The van der Waals surface area contributed by atoms with E-state index in [0.29, 0.717) is 37.7 Å². The molecule has 5 atom stereocenters. The van der Waals surface area contributed by atoms with Crippen LogP contribution in [0.4, 0.5) is 17.2 Å². The Morgan fingerprint density at radius 1 is 1.08 bits per heavy atom. The topological polar surface area (TPSA) is 285 Å². The number of nitrogens with zero attached hydrogens (tertiary/aromatic N) is 5. The molecule has 0 aliphatic carbocycles. The van der Waals surface area contributed by atoms with Gasteiger partial charge in [-0.2, -0.15) is 19.7 Å².